The first kappa shape index (κ1) is 17.1. The van der Waals surface area contributed by atoms with Gasteiger partial charge in [-0.1, -0.05) is 50.3 Å². The number of rotatable bonds is 5. The summed E-state index contributed by atoms with van der Waals surface area (Å²) in [6, 6.07) is 8.17. The van der Waals surface area contributed by atoms with Crippen LogP contribution in [0.2, 0.25) is 0 Å². The van der Waals surface area contributed by atoms with Gasteiger partial charge >= 0.3 is 0 Å². The zero-order chi connectivity index (χ0) is 17.1. The zero-order valence-electron chi connectivity index (χ0n) is 15.4. The van der Waals surface area contributed by atoms with E-state index < -0.39 is 0 Å². The average molecular weight is 341 g/mol. The number of piperidine rings is 1. The molecule has 1 aromatic rings. The van der Waals surface area contributed by atoms with Crippen molar-refractivity contribution >= 4 is 11.6 Å². The number of hydrogen-bond acceptors (Lipinski definition) is 2. The van der Waals surface area contributed by atoms with Gasteiger partial charge in [0.05, 0.1) is 5.92 Å². The predicted molar refractivity (Wildman–Crippen MR) is 103 cm³/mol. The Morgan fingerprint density at radius 1 is 0.960 bits per heavy atom. The highest BCUT2D eigenvalue weighted by Gasteiger charge is 2.31. The first-order valence-electron chi connectivity index (χ1n) is 10.4. The van der Waals surface area contributed by atoms with Crippen LogP contribution in [-0.2, 0) is 4.79 Å². The summed E-state index contributed by atoms with van der Waals surface area (Å²) < 4.78 is 0. The predicted octanol–water partition coefficient (Wildman–Crippen LogP) is 4.79. The van der Waals surface area contributed by atoms with E-state index in [9.17, 15) is 4.79 Å². The molecule has 2 aliphatic heterocycles. The van der Waals surface area contributed by atoms with Crippen molar-refractivity contribution < 1.29 is 4.79 Å². The second-order valence-electron chi connectivity index (χ2n) is 8.44. The molecular formula is C22H32N2O. The summed E-state index contributed by atoms with van der Waals surface area (Å²) in [5.41, 5.74) is 2.21. The molecule has 1 aromatic carbocycles. The van der Waals surface area contributed by atoms with Crippen LogP contribution in [0.5, 0.6) is 0 Å². The van der Waals surface area contributed by atoms with Gasteiger partial charge < -0.3 is 10.2 Å². The Kier molecular flexibility index (Phi) is 5.40. The van der Waals surface area contributed by atoms with Gasteiger partial charge in [0.25, 0.3) is 0 Å². The maximum atomic E-state index is 12.2. The zero-order valence-corrected chi connectivity index (χ0v) is 15.4. The largest absolute Gasteiger partial charge is 0.325 e. The van der Waals surface area contributed by atoms with E-state index in [-0.39, 0.29) is 11.8 Å². The summed E-state index contributed by atoms with van der Waals surface area (Å²) in [5.74, 6) is 2.21. The Morgan fingerprint density at radius 3 is 2.48 bits per heavy atom. The van der Waals surface area contributed by atoms with Crippen molar-refractivity contribution in [3.63, 3.8) is 0 Å². The quantitative estimate of drug-likeness (QED) is 0.835. The van der Waals surface area contributed by atoms with Gasteiger partial charge in [-0.2, -0.15) is 0 Å². The van der Waals surface area contributed by atoms with Gasteiger partial charge in [0.2, 0.25) is 5.91 Å². The number of nitrogens with one attached hydrogen (secondary N) is 1. The second kappa shape index (κ2) is 7.90. The number of carbonyl (C=O) groups is 1. The Hall–Kier alpha value is -1.35. The topological polar surface area (TPSA) is 32.3 Å². The lowest BCUT2D eigenvalue weighted by Gasteiger charge is -2.34. The van der Waals surface area contributed by atoms with Crippen molar-refractivity contribution in [2.45, 2.75) is 63.7 Å². The number of carbonyl (C=O) groups excluding carboxylic acids is 1. The van der Waals surface area contributed by atoms with Crippen molar-refractivity contribution in [2.24, 2.45) is 11.8 Å². The van der Waals surface area contributed by atoms with E-state index in [1.165, 1.54) is 70.0 Å². The first-order valence-corrected chi connectivity index (χ1v) is 10.4. The number of nitrogens with zero attached hydrogens (tertiary/aromatic N) is 1. The molecule has 1 amide bonds. The fraction of sp³-hybridized carbons (Fsp3) is 0.682. The van der Waals surface area contributed by atoms with E-state index in [4.69, 9.17) is 0 Å². The molecule has 1 aliphatic carbocycles. The van der Waals surface area contributed by atoms with E-state index in [0.717, 1.165) is 30.5 Å². The minimum atomic E-state index is 0.0520. The van der Waals surface area contributed by atoms with Gasteiger partial charge in [-0.05, 0) is 68.8 Å². The van der Waals surface area contributed by atoms with E-state index >= 15 is 0 Å². The monoisotopic (exact) mass is 340 g/mol. The first-order chi connectivity index (χ1) is 12.3. The Labute approximate surface area is 152 Å². The third kappa shape index (κ3) is 4.08. The van der Waals surface area contributed by atoms with Crippen LogP contribution < -0.4 is 5.32 Å². The summed E-state index contributed by atoms with van der Waals surface area (Å²) in [6.07, 6.45) is 12.5. The lowest BCUT2D eigenvalue weighted by atomic mass is 9.80. The number of para-hydroxylation sites is 1. The molecule has 0 radical (unpaired) electrons. The molecule has 0 aromatic heterocycles. The third-order valence-corrected chi connectivity index (χ3v) is 6.74. The Bertz CT molecular complexity index is 585. The summed E-state index contributed by atoms with van der Waals surface area (Å²) in [7, 11) is 0. The maximum Gasteiger partial charge on any atom is 0.232 e. The summed E-state index contributed by atoms with van der Waals surface area (Å²) >= 11 is 0. The molecule has 1 unspecified atom stereocenters. The summed E-state index contributed by atoms with van der Waals surface area (Å²) in [5, 5.41) is 3.03. The van der Waals surface area contributed by atoms with Gasteiger partial charge in [-0.25, -0.2) is 0 Å². The molecule has 136 valence electrons. The van der Waals surface area contributed by atoms with Gasteiger partial charge in [0, 0.05) is 5.69 Å². The molecular weight excluding hydrogens is 308 g/mol. The van der Waals surface area contributed by atoms with Gasteiger partial charge in [0.1, 0.15) is 0 Å². The normalized spacial score (nSPS) is 25.8. The highest BCUT2D eigenvalue weighted by molar-refractivity contribution is 6.02. The van der Waals surface area contributed by atoms with Gasteiger partial charge in [-0.15, -0.1) is 0 Å². The number of fused-ring (bicyclic) bond motifs is 1. The van der Waals surface area contributed by atoms with Crippen molar-refractivity contribution in [2.75, 3.05) is 25.0 Å². The fourth-order valence-electron chi connectivity index (χ4n) is 5.21. The highest BCUT2D eigenvalue weighted by Crippen LogP contribution is 2.35. The third-order valence-electron chi connectivity index (χ3n) is 6.74. The van der Waals surface area contributed by atoms with E-state index in [1.807, 2.05) is 18.2 Å². The SMILES string of the molecule is O=C1Nc2ccccc2C1CCN1CCC(CC2CCCCC2)CC1. The molecule has 3 aliphatic rings. The minimum Gasteiger partial charge on any atom is -0.325 e. The number of amides is 1. The molecule has 0 spiro atoms. The smallest absolute Gasteiger partial charge is 0.232 e. The standard InChI is InChI=1S/C22H32N2O/c25-22-20(19-8-4-5-9-21(19)23-22)12-15-24-13-10-18(11-14-24)16-17-6-2-1-3-7-17/h4-5,8-9,17-18,20H,1-3,6-7,10-16H2,(H,23,25). The Balaban J connectivity index is 1.22. The summed E-state index contributed by atoms with van der Waals surface area (Å²) in [4.78, 5) is 14.8. The number of hydrogen-bond donors (Lipinski definition) is 1. The molecule has 4 rings (SSSR count). The van der Waals surface area contributed by atoms with E-state index in [1.54, 1.807) is 0 Å². The van der Waals surface area contributed by atoms with E-state index in [0.29, 0.717) is 0 Å². The van der Waals surface area contributed by atoms with Crippen LogP contribution in [0.3, 0.4) is 0 Å². The van der Waals surface area contributed by atoms with Gasteiger partial charge in [-0.3, -0.25) is 4.79 Å². The van der Waals surface area contributed by atoms with Crippen molar-refractivity contribution in [1.29, 1.82) is 0 Å². The molecule has 3 heteroatoms. The molecule has 0 bridgehead atoms. The number of benzene rings is 1. The molecule has 1 atom stereocenters. The molecule has 3 nitrogen and oxygen atoms in total. The van der Waals surface area contributed by atoms with Crippen LogP contribution in [0.25, 0.3) is 0 Å². The molecule has 25 heavy (non-hydrogen) atoms. The highest BCUT2D eigenvalue weighted by atomic mass is 16.2. The van der Waals surface area contributed by atoms with Crippen molar-refractivity contribution in [1.82, 2.24) is 4.90 Å². The van der Waals surface area contributed by atoms with E-state index in [2.05, 4.69) is 16.3 Å². The molecule has 2 heterocycles. The average Bonchev–Trinajstić information content (AvgIpc) is 2.97. The van der Waals surface area contributed by atoms with Crippen LogP contribution in [-0.4, -0.2) is 30.4 Å². The van der Waals surface area contributed by atoms with Crippen molar-refractivity contribution in [3.8, 4) is 0 Å². The van der Waals surface area contributed by atoms with Crippen LogP contribution in [0, 0.1) is 11.8 Å². The fourth-order valence-corrected chi connectivity index (χ4v) is 5.21. The summed E-state index contributed by atoms with van der Waals surface area (Å²) in [6.45, 7) is 3.52. The van der Waals surface area contributed by atoms with Crippen LogP contribution in [0.4, 0.5) is 5.69 Å². The van der Waals surface area contributed by atoms with Crippen LogP contribution in [0.1, 0.15) is 69.3 Å². The minimum absolute atomic E-state index is 0.0520. The molecule has 2 fully saturated rings. The molecule has 1 N–H and O–H groups in total. The lowest BCUT2D eigenvalue weighted by Crippen LogP contribution is -2.36. The van der Waals surface area contributed by atoms with Gasteiger partial charge in [0.15, 0.2) is 0 Å². The Morgan fingerprint density at radius 2 is 1.68 bits per heavy atom. The molecule has 1 saturated carbocycles. The maximum absolute atomic E-state index is 12.2. The lowest BCUT2D eigenvalue weighted by molar-refractivity contribution is -0.117. The molecule has 1 saturated heterocycles. The van der Waals surface area contributed by atoms with Crippen LogP contribution >= 0.6 is 0 Å². The number of likely N-dealkylation sites (tertiary alicyclic amines) is 1. The van der Waals surface area contributed by atoms with Crippen LogP contribution in [0.15, 0.2) is 24.3 Å². The number of anilines is 1. The van der Waals surface area contributed by atoms with Crippen molar-refractivity contribution in [3.05, 3.63) is 29.8 Å². The second-order valence-corrected chi connectivity index (χ2v) is 8.44.